The van der Waals surface area contributed by atoms with E-state index in [1.165, 1.54) is 6.20 Å². The van der Waals surface area contributed by atoms with Gasteiger partial charge >= 0.3 is 5.51 Å². The number of pyridine rings is 1. The van der Waals surface area contributed by atoms with E-state index in [2.05, 4.69) is 29.0 Å². The third kappa shape index (κ3) is 7.66. The summed E-state index contributed by atoms with van der Waals surface area (Å²) < 4.78 is 45.5. The molecule has 1 saturated heterocycles. The molecule has 0 unspecified atom stereocenters. The maximum atomic E-state index is 12.7. The van der Waals surface area contributed by atoms with Crippen molar-refractivity contribution in [2.75, 3.05) is 30.0 Å². The number of alkyl halides is 3. The molecule has 2 heterocycles. The molecule has 11 heteroatoms. The molecular formula is C25H32ClF3N4O2S. The molecule has 1 aliphatic rings. The number of hydrogen-bond acceptors (Lipinski definition) is 6. The summed E-state index contributed by atoms with van der Waals surface area (Å²) >= 11 is 5.45. The van der Waals surface area contributed by atoms with Crippen LogP contribution in [0.15, 0.2) is 36.5 Å². The molecule has 0 spiro atoms. The molecule has 3 rings (SSSR count). The van der Waals surface area contributed by atoms with E-state index >= 15 is 0 Å². The SMILES string of the molecule is CC(C)CN(c1ccc(C(C)(C)C(=O)NSC(F)(F)F)cc1Nc1ccc(Cl)cn1)C1CCOCC1. The van der Waals surface area contributed by atoms with Gasteiger partial charge < -0.3 is 15.0 Å². The highest BCUT2D eigenvalue weighted by Gasteiger charge is 2.36. The van der Waals surface area contributed by atoms with Gasteiger partial charge in [0, 0.05) is 32.0 Å². The summed E-state index contributed by atoms with van der Waals surface area (Å²) in [6, 6.07) is 9.28. The first-order chi connectivity index (χ1) is 16.9. The average molecular weight is 545 g/mol. The monoisotopic (exact) mass is 544 g/mol. The number of rotatable bonds is 9. The number of benzene rings is 1. The van der Waals surface area contributed by atoms with E-state index in [-0.39, 0.29) is 6.04 Å². The summed E-state index contributed by atoms with van der Waals surface area (Å²) in [6.45, 7) is 9.68. The normalized spacial score (nSPS) is 15.1. The highest BCUT2D eigenvalue weighted by Crippen LogP contribution is 2.37. The fourth-order valence-electron chi connectivity index (χ4n) is 4.06. The van der Waals surface area contributed by atoms with E-state index in [4.69, 9.17) is 16.3 Å². The van der Waals surface area contributed by atoms with Gasteiger partial charge in [0.25, 0.3) is 0 Å². The zero-order valence-corrected chi connectivity index (χ0v) is 22.4. The van der Waals surface area contributed by atoms with Crippen LogP contribution in [0.4, 0.5) is 30.4 Å². The molecule has 1 aliphatic heterocycles. The second-order valence-corrected chi connectivity index (χ2v) is 11.0. The Morgan fingerprint density at radius 3 is 2.50 bits per heavy atom. The van der Waals surface area contributed by atoms with Crippen LogP contribution >= 0.6 is 23.5 Å². The van der Waals surface area contributed by atoms with Crippen LogP contribution in [0.2, 0.25) is 5.02 Å². The van der Waals surface area contributed by atoms with Crippen molar-refractivity contribution in [1.82, 2.24) is 9.71 Å². The fraction of sp³-hybridized carbons (Fsp3) is 0.520. The Morgan fingerprint density at radius 2 is 1.92 bits per heavy atom. The average Bonchev–Trinajstić information content (AvgIpc) is 2.82. The summed E-state index contributed by atoms with van der Waals surface area (Å²) in [5.41, 5.74) is -3.58. The first kappa shape index (κ1) is 28.4. The zero-order valence-electron chi connectivity index (χ0n) is 20.8. The van der Waals surface area contributed by atoms with Crippen molar-refractivity contribution in [3.63, 3.8) is 0 Å². The van der Waals surface area contributed by atoms with Gasteiger partial charge in [0.15, 0.2) is 0 Å². The zero-order chi connectivity index (χ0) is 26.5. The quantitative estimate of drug-likeness (QED) is 0.343. The van der Waals surface area contributed by atoms with E-state index in [1.807, 2.05) is 16.9 Å². The van der Waals surface area contributed by atoms with Crippen LogP contribution in [0.3, 0.4) is 0 Å². The Labute approximate surface area is 219 Å². The van der Waals surface area contributed by atoms with Crippen molar-refractivity contribution in [3.8, 4) is 0 Å². The predicted octanol–water partition coefficient (Wildman–Crippen LogP) is 6.68. The van der Waals surface area contributed by atoms with Crippen molar-refractivity contribution < 1.29 is 22.7 Å². The lowest BCUT2D eigenvalue weighted by Crippen LogP contribution is -2.42. The summed E-state index contributed by atoms with van der Waals surface area (Å²) in [5, 5.41) is 3.84. The van der Waals surface area contributed by atoms with Crippen molar-refractivity contribution in [3.05, 3.63) is 47.1 Å². The maximum absolute atomic E-state index is 12.7. The Bertz CT molecular complexity index is 1030. The molecule has 1 aromatic carbocycles. The lowest BCUT2D eigenvalue weighted by atomic mass is 9.83. The number of halogens is 4. The molecule has 0 aliphatic carbocycles. The first-order valence-electron chi connectivity index (χ1n) is 11.8. The van der Waals surface area contributed by atoms with Crippen LogP contribution < -0.4 is 14.9 Å². The summed E-state index contributed by atoms with van der Waals surface area (Å²) in [4.78, 5) is 19.4. The number of anilines is 3. The van der Waals surface area contributed by atoms with Crippen molar-refractivity contribution >= 4 is 46.6 Å². The van der Waals surface area contributed by atoms with E-state index in [0.29, 0.717) is 41.2 Å². The van der Waals surface area contributed by atoms with Crippen molar-refractivity contribution in [1.29, 1.82) is 0 Å². The maximum Gasteiger partial charge on any atom is 0.461 e. The highest BCUT2D eigenvalue weighted by atomic mass is 35.5. The lowest BCUT2D eigenvalue weighted by molar-refractivity contribution is -0.124. The number of carbonyl (C=O) groups is 1. The molecule has 0 atom stereocenters. The number of ether oxygens (including phenoxy) is 1. The Kier molecular flexibility index (Phi) is 9.40. The topological polar surface area (TPSA) is 66.5 Å². The number of hydrogen-bond donors (Lipinski definition) is 2. The third-order valence-corrected chi connectivity index (χ3v) is 6.78. The molecule has 1 aromatic heterocycles. The second kappa shape index (κ2) is 11.9. The number of nitrogens with zero attached hydrogens (tertiary/aromatic N) is 2. The molecule has 0 saturated carbocycles. The van der Waals surface area contributed by atoms with Gasteiger partial charge in [0.1, 0.15) is 5.82 Å². The van der Waals surface area contributed by atoms with Crippen LogP contribution in [-0.2, 0) is 14.9 Å². The van der Waals surface area contributed by atoms with Gasteiger partial charge in [-0.05, 0) is 62.4 Å². The number of aromatic nitrogens is 1. The van der Waals surface area contributed by atoms with Crippen LogP contribution in [0.25, 0.3) is 0 Å². The molecule has 1 fully saturated rings. The molecule has 1 amide bonds. The lowest BCUT2D eigenvalue weighted by Gasteiger charge is -2.39. The van der Waals surface area contributed by atoms with Gasteiger partial charge in [-0.25, -0.2) is 4.98 Å². The van der Waals surface area contributed by atoms with Gasteiger partial charge in [0.2, 0.25) is 5.91 Å². The number of amides is 1. The minimum absolute atomic E-state index is 0.269. The Morgan fingerprint density at radius 1 is 1.22 bits per heavy atom. The molecule has 6 nitrogen and oxygen atoms in total. The largest absolute Gasteiger partial charge is 0.461 e. The van der Waals surface area contributed by atoms with E-state index in [9.17, 15) is 18.0 Å². The highest BCUT2D eigenvalue weighted by molar-refractivity contribution is 7.98. The van der Waals surface area contributed by atoms with Gasteiger partial charge in [0.05, 0.1) is 33.8 Å². The van der Waals surface area contributed by atoms with E-state index in [0.717, 1.165) is 25.1 Å². The summed E-state index contributed by atoms with van der Waals surface area (Å²) in [7, 11) is 0. The number of carbonyl (C=O) groups excluding carboxylic acids is 1. The molecule has 36 heavy (non-hydrogen) atoms. The standard InChI is InChI=1S/C25H32ClF3N4O2S/c1-16(2)15-33(19-9-11-35-12-10-19)21-7-5-17(24(3,4)23(34)32-36-25(27,28)29)13-20(21)31-22-8-6-18(26)14-30-22/h5-8,13-14,16,19H,9-12,15H2,1-4H3,(H,30,31)(H,32,34). The van der Waals surface area contributed by atoms with Crippen molar-refractivity contribution in [2.45, 2.75) is 57.5 Å². The summed E-state index contributed by atoms with van der Waals surface area (Å²) in [5.74, 6) is 0.205. The second-order valence-electron chi connectivity index (χ2n) is 9.71. The predicted molar refractivity (Wildman–Crippen MR) is 140 cm³/mol. The van der Waals surface area contributed by atoms with Crippen molar-refractivity contribution in [2.24, 2.45) is 5.92 Å². The minimum Gasteiger partial charge on any atom is -0.381 e. The van der Waals surface area contributed by atoms with Gasteiger partial charge in [-0.1, -0.05) is 31.5 Å². The fourth-order valence-corrected chi connectivity index (χ4v) is 4.64. The molecule has 2 aromatic rings. The Balaban J connectivity index is 2.02. The van der Waals surface area contributed by atoms with Crippen LogP contribution in [0.1, 0.15) is 46.1 Å². The van der Waals surface area contributed by atoms with Crippen LogP contribution in [0, 0.1) is 5.92 Å². The molecule has 2 N–H and O–H groups in total. The molecule has 0 bridgehead atoms. The van der Waals surface area contributed by atoms with E-state index in [1.54, 1.807) is 32.0 Å². The van der Waals surface area contributed by atoms with Gasteiger partial charge in [-0.15, -0.1) is 0 Å². The Hall–Kier alpha value is -2.17. The first-order valence-corrected chi connectivity index (χ1v) is 13.0. The van der Waals surface area contributed by atoms with Gasteiger partial charge in [-0.3, -0.25) is 9.52 Å². The molecule has 198 valence electrons. The van der Waals surface area contributed by atoms with Crippen LogP contribution in [0.5, 0.6) is 0 Å². The van der Waals surface area contributed by atoms with Crippen LogP contribution in [-0.4, -0.2) is 42.2 Å². The van der Waals surface area contributed by atoms with Gasteiger partial charge in [-0.2, -0.15) is 13.2 Å². The smallest absolute Gasteiger partial charge is 0.381 e. The molecule has 0 radical (unpaired) electrons. The third-order valence-electron chi connectivity index (χ3n) is 6.04. The minimum atomic E-state index is -4.57. The summed E-state index contributed by atoms with van der Waals surface area (Å²) in [6.07, 6.45) is 3.30. The number of nitrogens with one attached hydrogen (secondary N) is 2. The van der Waals surface area contributed by atoms with E-state index < -0.39 is 28.8 Å². The molecular weight excluding hydrogens is 513 g/mol.